The predicted octanol–water partition coefficient (Wildman–Crippen LogP) is 5.98. The van der Waals surface area contributed by atoms with Crippen LogP contribution in [0.5, 0.6) is 0 Å². The first-order chi connectivity index (χ1) is 14.6. The number of carbonyl (C=O) groups excluding carboxylic acids is 2. The fourth-order valence-electron chi connectivity index (χ4n) is 2.48. The van der Waals surface area contributed by atoms with E-state index >= 15 is 0 Å². The molecule has 2 rings (SSSR count). The molecule has 14 heteroatoms. The van der Waals surface area contributed by atoms with E-state index in [2.05, 4.69) is 0 Å². The average Bonchev–Trinajstić information content (AvgIpc) is 2.63. The van der Waals surface area contributed by atoms with Gasteiger partial charge in [-0.15, -0.1) is 0 Å². The van der Waals surface area contributed by atoms with Gasteiger partial charge in [0.15, 0.2) is 0 Å². The third kappa shape index (κ3) is 6.31. The van der Waals surface area contributed by atoms with Gasteiger partial charge in [-0.3, -0.25) is 14.6 Å². The Morgan fingerprint density at radius 2 is 1.47 bits per heavy atom. The van der Waals surface area contributed by atoms with Gasteiger partial charge in [0, 0.05) is 11.9 Å². The van der Waals surface area contributed by atoms with Crippen LogP contribution < -0.4 is 4.90 Å². The third-order valence-corrected chi connectivity index (χ3v) is 4.51. The van der Waals surface area contributed by atoms with Crippen molar-refractivity contribution in [2.75, 3.05) is 18.5 Å². The summed E-state index contributed by atoms with van der Waals surface area (Å²) in [7, 11) is 0.728. The summed E-state index contributed by atoms with van der Waals surface area (Å²) in [6, 6.07) is 1.95. The van der Waals surface area contributed by atoms with Gasteiger partial charge in [-0.1, -0.05) is 6.07 Å². The van der Waals surface area contributed by atoms with Crippen molar-refractivity contribution in [2.45, 2.75) is 16.6 Å². The number of alkyl halides is 6. The minimum atomic E-state index is -5.19. The quantitative estimate of drug-likeness (QED) is 0.391. The van der Waals surface area contributed by atoms with E-state index < -0.39 is 80.4 Å². The molecule has 0 N–H and O–H groups in total. The number of halogens is 9. The number of urea groups is 1. The summed E-state index contributed by atoms with van der Waals surface area (Å²) in [5.41, 5.74) is -6.98. The van der Waals surface area contributed by atoms with Crippen LogP contribution in [0, 0.1) is 17.5 Å². The zero-order chi connectivity index (χ0) is 24.4. The third-order valence-electron chi connectivity index (χ3n) is 3.79. The van der Waals surface area contributed by atoms with Crippen molar-refractivity contribution in [3.8, 4) is 0 Å². The molecule has 0 aliphatic carbocycles. The van der Waals surface area contributed by atoms with E-state index in [-0.39, 0.29) is 4.90 Å². The van der Waals surface area contributed by atoms with E-state index in [1.165, 1.54) is 0 Å². The minimum Gasteiger partial charge on any atom is -0.294 e. The summed E-state index contributed by atoms with van der Waals surface area (Å²) < 4.78 is 118. The number of amides is 3. The van der Waals surface area contributed by atoms with Gasteiger partial charge in [0.05, 0.1) is 5.69 Å². The zero-order valence-electron chi connectivity index (χ0n) is 15.7. The fourth-order valence-corrected chi connectivity index (χ4v) is 3.05. The first kappa shape index (κ1) is 25.4. The molecule has 174 valence electrons. The average molecular weight is 490 g/mol. The Labute approximate surface area is 178 Å². The molecule has 0 fully saturated rings. The molecular formula is C18H11F9N2O2S. The lowest BCUT2D eigenvalue weighted by atomic mass is 10.1. The summed E-state index contributed by atoms with van der Waals surface area (Å²) in [5.74, 6) is -6.50. The summed E-state index contributed by atoms with van der Waals surface area (Å²) in [5, 5.41) is 0. The molecule has 2 aromatic rings. The lowest BCUT2D eigenvalue weighted by Crippen LogP contribution is -2.49. The van der Waals surface area contributed by atoms with E-state index in [4.69, 9.17) is 0 Å². The predicted molar refractivity (Wildman–Crippen MR) is 95.6 cm³/mol. The largest absolute Gasteiger partial charge is 0.446 e. The van der Waals surface area contributed by atoms with E-state index in [0.717, 1.165) is 19.2 Å². The number of anilines is 1. The summed E-state index contributed by atoms with van der Waals surface area (Å²) >= 11 is -0.677. The van der Waals surface area contributed by atoms with Crippen LogP contribution in [0.1, 0.15) is 10.4 Å². The molecule has 2 aromatic carbocycles. The number of benzene rings is 2. The van der Waals surface area contributed by atoms with Gasteiger partial charge in [0.1, 0.15) is 29.6 Å². The van der Waals surface area contributed by atoms with Crippen molar-refractivity contribution in [1.82, 2.24) is 4.90 Å². The highest BCUT2D eigenvalue weighted by Crippen LogP contribution is 2.38. The summed E-state index contributed by atoms with van der Waals surface area (Å²) in [6.07, 6.45) is -5.19. The topological polar surface area (TPSA) is 40.6 Å². The number of nitrogens with zero attached hydrogens (tertiary/aromatic N) is 2. The summed E-state index contributed by atoms with van der Waals surface area (Å²) in [4.78, 5) is 24.0. The zero-order valence-corrected chi connectivity index (χ0v) is 16.5. The molecule has 3 amide bonds. The molecule has 0 aromatic heterocycles. The fraction of sp³-hybridized carbons (Fsp3) is 0.222. The maximum absolute atomic E-state index is 14.3. The van der Waals surface area contributed by atoms with Gasteiger partial charge in [-0.25, -0.2) is 18.0 Å². The molecule has 0 atom stereocenters. The van der Waals surface area contributed by atoms with Crippen LogP contribution in [0.2, 0.25) is 0 Å². The van der Waals surface area contributed by atoms with Crippen LogP contribution in [0.25, 0.3) is 0 Å². The second-order valence-electron chi connectivity index (χ2n) is 6.11. The molecule has 0 bridgehead atoms. The van der Waals surface area contributed by atoms with E-state index in [1.54, 1.807) is 0 Å². The maximum Gasteiger partial charge on any atom is 0.446 e. The molecule has 0 unspecified atom stereocenters. The van der Waals surface area contributed by atoms with Crippen LogP contribution in [0.3, 0.4) is 0 Å². The number of hydrogen-bond donors (Lipinski definition) is 0. The Kier molecular flexibility index (Phi) is 7.37. The molecule has 4 nitrogen and oxygen atoms in total. The van der Waals surface area contributed by atoms with E-state index in [1.807, 2.05) is 0 Å². The molecule has 0 aliphatic heterocycles. The first-order valence-electron chi connectivity index (χ1n) is 8.26. The number of carbonyl (C=O) groups is 2. The van der Waals surface area contributed by atoms with Gasteiger partial charge >= 0.3 is 17.7 Å². The van der Waals surface area contributed by atoms with Crippen LogP contribution in [0.15, 0.2) is 41.3 Å². The molecule has 0 saturated heterocycles. The molecule has 0 heterocycles. The van der Waals surface area contributed by atoms with Crippen molar-refractivity contribution in [2.24, 2.45) is 0 Å². The van der Waals surface area contributed by atoms with Gasteiger partial charge in [-0.2, -0.15) is 26.3 Å². The van der Waals surface area contributed by atoms with Gasteiger partial charge in [0.25, 0.3) is 5.91 Å². The Morgan fingerprint density at radius 1 is 0.906 bits per heavy atom. The van der Waals surface area contributed by atoms with Crippen molar-refractivity contribution in [1.29, 1.82) is 0 Å². The number of thioether (sulfide) groups is 1. The van der Waals surface area contributed by atoms with Crippen molar-refractivity contribution in [3.63, 3.8) is 0 Å². The highest BCUT2D eigenvalue weighted by atomic mass is 32.2. The molecule has 32 heavy (non-hydrogen) atoms. The van der Waals surface area contributed by atoms with Crippen molar-refractivity contribution in [3.05, 3.63) is 59.4 Å². The van der Waals surface area contributed by atoms with Gasteiger partial charge in [-0.05, 0) is 42.1 Å². The number of hydrogen-bond acceptors (Lipinski definition) is 3. The SMILES string of the molecule is CN(C(=O)N(CC(F)(F)F)C(=O)c1c(F)cccc1F)c1ccc(SC(F)(F)F)cc1F. The second kappa shape index (κ2) is 9.30. The number of rotatable bonds is 4. The smallest absolute Gasteiger partial charge is 0.294 e. The van der Waals surface area contributed by atoms with Gasteiger partial charge < -0.3 is 0 Å². The standard InChI is InChI=1S/C18H11F9N2O2S/c1-28(13-6-5-9(7-12(13)21)32-18(25,26)27)16(31)29(8-17(22,23)24)15(30)14-10(19)3-2-4-11(14)20/h2-7H,8H2,1H3. The Bertz CT molecular complexity index is 1000. The van der Waals surface area contributed by atoms with Crippen LogP contribution >= 0.6 is 11.8 Å². The number of imide groups is 1. The molecule has 0 radical (unpaired) electrons. The highest BCUT2D eigenvalue weighted by Gasteiger charge is 2.40. The van der Waals surface area contributed by atoms with Crippen LogP contribution in [0.4, 0.5) is 50.0 Å². The Morgan fingerprint density at radius 3 is 1.94 bits per heavy atom. The lowest BCUT2D eigenvalue weighted by Gasteiger charge is -2.28. The summed E-state index contributed by atoms with van der Waals surface area (Å²) in [6.45, 7) is -2.27. The molecular weight excluding hydrogens is 479 g/mol. The highest BCUT2D eigenvalue weighted by molar-refractivity contribution is 8.00. The lowest BCUT2D eigenvalue weighted by molar-refractivity contribution is -0.135. The van der Waals surface area contributed by atoms with Gasteiger partial charge in [0.2, 0.25) is 0 Å². The Hall–Kier alpha value is -2.90. The minimum absolute atomic E-state index is 0.194. The molecule has 0 spiro atoms. The van der Waals surface area contributed by atoms with Crippen molar-refractivity contribution < 1.29 is 49.1 Å². The van der Waals surface area contributed by atoms with E-state index in [9.17, 15) is 49.1 Å². The first-order valence-corrected chi connectivity index (χ1v) is 9.08. The monoisotopic (exact) mass is 490 g/mol. The second-order valence-corrected chi connectivity index (χ2v) is 7.24. The van der Waals surface area contributed by atoms with Crippen molar-refractivity contribution >= 4 is 29.4 Å². The molecule has 0 aliphatic rings. The van der Waals surface area contributed by atoms with E-state index in [0.29, 0.717) is 24.3 Å². The molecule has 0 saturated carbocycles. The van der Waals surface area contributed by atoms with Crippen LogP contribution in [-0.4, -0.2) is 42.1 Å². The normalized spacial score (nSPS) is 11.9. The maximum atomic E-state index is 14.3. The Balaban J connectivity index is 2.43. The van der Waals surface area contributed by atoms with Crippen LogP contribution in [-0.2, 0) is 0 Å².